The fourth-order valence-corrected chi connectivity index (χ4v) is 1.47. The lowest BCUT2D eigenvalue weighted by molar-refractivity contribution is -0.137. The first-order chi connectivity index (χ1) is 9.99. The van der Waals surface area contributed by atoms with Crippen LogP contribution in [0.25, 0.3) is 0 Å². The van der Waals surface area contributed by atoms with Crippen molar-refractivity contribution in [2.24, 2.45) is 0 Å². The second-order valence-electron chi connectivity index (χ2n) is 5.04. The van der Waals surface area contributed by atoms with Gasteiger partial charge in [0.15, 0.2) is 0 Å². The molecule has 0 fully saturated rings. The fraction of sp³-hybridized carbons (Fsp3) is 0.600. The van der Waals surface area contributed by atoms with E-state index in [0.29, 0.717) is 31.4 Å². The Morgan fingerprint density at radius 3 is 2.62 bits per heavy atom. The van der Waals surface area contributed by atoms with E-state index in [1.165, 1.54) is 0 Å². The molecular formula is C15H24N2O4. The Bertz CT molecular complexity index is 432. The third-order valence-corrected chi connectivity index (χ3v) is 2.75. The van der Waals surface area contributed by atoms with Gasteiger partial charge >= 0.3 is 0 Å². The number of carbonyl (C=O) groups excluding carboxylic acids is 1. The molecule has 1 aromatic heterocycles. The molecule has 6 nitrogen and oxygen atoms in total. The number of rotatable bonds is 9. The summed E-state index contributed by atoms with van der Waals surface area (Å²) in [5, 5.41) is 2.78. The Hall–Kier alpha value is -1.66. The maximum absolute atomic E-state index is 12.1. The van der Waals surface area contributed by atoms with E-state index < -0.39 is 5.60 Å². The van der Waals surface area contributed by atoms with Crippen molar-refractivity contribution in [2.45, 2.75) is 32.8 Å². The molecule has 6 heteroatoms. The summed E-state index contributed by atoms with van der Waals surface area (Å²) in [6, 6.07) is 3.44. The molecule has 0 aromatic carbocycles. The molecule has 0 atom stereocenters. The lowest BCUT2D eigenvalue weighted by Gasteiger charge is -2.23. The van der Waals surface area contributed by atoms with Crippen molar-refractivity contribution in [2.75, 3.05) is 32.2 Å². The van der Waals surface area contributed by atoms with Crippen LogP contribution in [0.15, 0.2) is 18.3 Å². The average Bonchev–Trinajstić information content (AvgIpc) is 2.47. The molecule has 0 radical (unpaired) electrons. The van der Waals surface area contributed by atoms with Gasteiger partial charge in [-0.3, -0.25) is 4.79 Å². The number of nitrogens with one attached hydrogen (secondary N) is 1. The Morgan fingerprint density at radius 2 is 2.05 bits per heavy atom. The molecule has 21 heavy (non-hydrogen) atoms. The zero-order chi connectivity index (χ0) is 15.7. The molecular weight excluding hydrogens is 272 g/mol. The number of amides is 1. The fourth-order valence-electron chi connectivity index (χ4n) is 1.47. The van der Waals surface area contributed by atoms with Gasteiger partial charge in [-0.2, -0.15) is 0 Å². The minimum atomic E-state index is -0.871. The van der Waals surface area contributed by atoms with Crippen LogP contribution < -0.4 is 10.1 Å². The van der Waals surface area contributed by atoms with Gasteiger partial charge in [-0.1, -0.05) is 6.92 Å². The van der Waals surface area contributed by atoms with Gasteiger partial charge in [-0.25, -0.2) is 4.98 Å². The van der Waals surface area contributed by atoms with Gasteiger partial charge < -0.3 is 19.5 Å². The van der Waals surface area contributed by atoms with Crippen LogP contribution in [0.3, 0.4) is 0 Å². The lowest BCUT2D eigenvalue weighted by atomic mass is 10.1. The first-order valence-corrected chi connectivity index (χ1v) is 7.02. The molecule has 0 saturated carbocycles. The van der Waals surface area contributed by atoms with Crippen LogP contribution in [0.2, 0.25) is 0 Å². The zero-order valence-corrected chi connectivity index (χ0v) is 13.1. The summed E-state index contributed by atoms with van der Waals surface area (Å²) < 4.78 is 15.8. The van der Waals surface area contributed by atoms with Crippen molar-refractivity contribution in [3.8, 4) is 5.88 Å². The number of pyridine rings is 1. The SMILES string of the molecule is CCCOC(C)(C)C(=O)Nc1ccc(OCCOC)nc1. The van der Waals surface area contributed by atoms with Crippen molar-refractivity contribution in [1.29, 1.82) is 0 Å². The molecule has 118 valence electrons. The van der Waals surface area contributed by atoms with E-state index in [-0.39, 0.29) is 5.91 Å². The molecule has 0 aliphatic heterocycles. The van der Waals surface area contributed by atoms with Gasteiger partial charge in [0.25, 0.3) is 5.91 Å². The van der Waals surface area contributed by atoms with Crippen LogP contribution in [0, 0.1) is 0 Å². The largest absolute Gasteiger partial charge is 0.475 e. The molecule has 1 aromatic rings. The van der Waals surface area contributed by atoms with Crippen LogP contribution >= 0.6 is 0 Å². The van der Waals surface area contributed by atoms with Crippen molar-refractivity contribution in [1.82, 2.24) is 4.98 Å². The smallest absolute Gasteiger partial charge is 0.256 e. The first-order valence-electron chi connectivity index (χ1n) is 7.02. The van der Waals surface area contributed by atoms with E-state index in [0.717, 1.165) is 6.42 Å². The molecule has 1 rings (SSSR count). The first kappa shape index (κ1) is 17.4. The van der Waals surface area contributed by atoms with Crippen molar-refractivity contribution >= 4 is 11.6 Å². The van der Waals surface area contributed by atoms with Crippen LogP contribution in [0.4, 0.5) is 5.69 Å². The van der Waals surface area contributed by atoms with Crippen molar-refractivity contribution < 1.29 is 19.0 Å². The molecule has 1 N–H and O–H groups in total. The number of nitrogens with zero attached hydrogens (tertiary/aromatic N) is 1. The Balaban J connectivity index is 2.52. The monoisotopic (exact) mass is 296 g/mol. The Morgan fingerprint density at radius 1 is 1.29 bits per heavy atom. The molecule has 1 heterocycles. The molecule has 0 aliphatic rings. The number of anilines is 1. The summed E-state index contributed by atoms with van der Waals surface area (Å²) in [6.07, 6.45) is 2.42. The molecule has 0 unspecified atom stereocenters. The Labute approximate surface area is 125 Å². The molecule has 0 bridgehead atoms. The predicted octanol–water partition coefficient (Wildman–Crippen LogP) is 2.25. The third-order valence-electron chi connectivity index (χ3n) is 2.75. The topological polar surface area (TPSA) is 69.7 Å². The number of aromatic nitrogens is 1. The van der Waals surface area contributed by atoms with Gasteiger partial charge in [0.2, 0.25) is 5.88 Å². The van der Waals surface area contributed by atoms with E-state index in [1.807, 2.05) is 6.92 Å². The standard InChI is InChI=1S/C15H24N2O4/c1-5-8-21-15(2,3)14(18)17-12-6-7-13(16-11-12)20-10-9-19-4/h6-7,11H,5,8-10H2,1-4H3,(H,17,18). The zero-order valence-electron chi connectivity index (χ0n) is 13.1. The van der Waals surface area contributed by atoms with Crippen LogP contribution in [-0.2, 0) is 14.3 Å². The number of ether oxygens (including phenoxy) is 3. The van der Waals surface area contributed by atoms with E-state index in [9.17, 15) is 4.79 Å². The number of hydrogen-bond acceptors (Lipinski definition) is 5. The van der Waals surface area contributed by atoms with Gasteiger partial charge in [-0.15, -0.1) is 0 Å². The minimum absolute atomic E-state index is 0.203. The van der Waals surface area contributed by atoms with Crippen LogP contribution in [0.1, 0.15) is 27.2 Å². The summed E-state index contributed by atoms with van der Waals surface area (Å²) in [6.45, 7) is 6.97. The van der Waals surface area contributed by atoms with Crippen molar-refractivity contribution in [3.63, 3.8) is 0 Å². The number of carbonyl (C=O) groups is 1. The maximum atomic E-state index is 12.1. The van der Waals surface area contributed by atoms with E-state index >= 15 is 0 Å². The van der Waals surface area contributed by atoms with E-state index in [4.69, 9.17) is 14.2 Å². The number of hydrogen-bond donors (Lipinski definition) is 1. The summed E-state index contributed by atoms with van der Waals surface area (Å²) >= 11 is 0. The molecule has 0 aliphatic carbocycles. The summed E-state index contributed by atoms with van der Waals surface area (Å²) in [5.74, 6) is 0.289. The predicted molar refractivity (Wildman–Crippen MR) is 80.6 cm³/mol. The summed E-state index contributed by atoms with van der Waals surface area (Å²) in [5.41, 5.74) is -0.267. The average molecular weight is 296 g/mol. The maximum Gasteiger partial charge on any atom is 0.256 e. The van der Waals surface area contributed by atoms with Crippen molar-refractivity contribution in [3.05, 3.63) is 18.3 Å². The van der Waals surface area contributed by atoms with Gasteiger partial charge in [0, 0.05) is 19.8 Å². The van der Waals surface area contributed by atoms with E-state index in [1.54, 1.807) is 39.3 Å². The highest BCUT2D eigenvalue weighted by molar-refractivity contribution is 5.96. The second kappa shape index (κ2) is 8.59. The molecule has 1 amide bonds. The number of methoxy groups -OCH3 is 1. The van der Waals surface area contributed by atoms with Gasteiger partial charge in [0.05, 0.1) is 18.5 Å². The highest BCUT2D eigenvalue weighted by Crippen LogP contribution is 2.16. The second-order valence-corrected chi connectivity index (χ2v) is 5.04. The third kappa shape index (κ3) is 6.10. The Kier molecular flexibility index (Phi) is 7.11. The highest BCUT2D eigenvalue weighted by Gasteiger charge is 2.28. The minimum Gasteiger partial charge on any atom is -0.475 e. The molecule has 0 spiro atoms. The normalized spacial score (nSPS) is 11.2. The van der Waals surface area contributed by atoms with Crippen LogP contribution in [-0.4, -0.2) is 43.4 Å². The van der Waals surface area contributed by atoms with Gasteiger partial charge in [0.1, 0.15) is 12.2 Å². The molecule has 0 saturated heterocycles. The van der Waals surface area contributed by atoms with E-state index in [2.05, 4.69) is 10.3 Å². The summed E-state index contributed by atoms with van der Waals surface area (Å²) in [7, 11) is 1.61. The van der Waals surface area contributed by atoms with Gasteiger partial charge in [-0.05, 0) is 26.3 Å². The lowest BCUT2D eigenvalue weighted by Crippen LogP contribution is -2.40. The quantitative estimate of drug-likeness (QED) is 0.708. The van der Waals surface area contributed by atoms with Crippen LogP contribution in [0.5, 0.6) is 5.88 Å². The highest BCUT2D eigenvalue weighted by atomic mass is 16.5. The summed E-state index contributed by atoms with van der Waals surface area (Å²) in [4.78, 5) is 16.2.